The average molecular weight is 189 g/mol. The topological polar surface area (TPSA) is 3.24 Å². The molecule has 0 aliphatic carbocycles. The highest BCUT2D eigenvalue weighted by atomic mass is 32.1. The van der Waals surface area contributed by atoms with Crippen molar-refractivity contribution in [2.45, 2.75) is 31.4 Å². The van der Waals surface area contributed by atoms with Crippen LogP contribution in [0.4, 0.5) is 0 Å². The maximum atomic E-state index is 5.25. The van der Waals surface area contributed by atoms with Gasteiger partial charge < -0.3 is 4.90 Å². The van der Waals surface area contributed by atoms with Crippen LogP contribution in [0.1, 0.15) is 26.2 Å². The van der Waals surface area contributed by atoms with Gasteiger partial charge in [-0.15, -0.1) is 0 Å². The first-order valence-electron chi connectivity index (χ1n) is 4.18. The van der Waals surface area contributed by atoms with Crippen LogP contribution in [0.15, 0.2) is 0 Å². The molecule has 0 aromatic carbocycles. The van der Waals surface area contributed by atoms with Gasteiger partial charge >= 0.3 is 0 Å². The second-order valence-corrected chi connectivity index (χ2v) is 4.25. The third-order valence-electron chi connectivity index (χ3n) is 2.03. The molecule has 3 heteroatoms. The van der Waals surface area contributed by atoms with Gasteiger partial charge in [0, 0.05) is 18.3 Å². The zero-order chi connectivity index (χ0) is 8.27. The molecule has 0 radical (unpaired) electrons. The summed E-state index contributed by atoms with van der Waals surface area (Å²) in [7, 11) is 0. The molecule has 1 saturated heterocycles. The summed E-state index contributed by atoms with van der Waals surface area (Å²) in [6.45, 7) is 4.33. The monoisotopic (exact) mass is 189 g/mol. The van der Waals surface area contributed by atoms with Crippen molar-refractivity contribution in [1.29, 1.82) is 0 Å². The smallest absolute Gasteiger partial charge is 0.0905 e. The van der Waals surface area contributed by atoms with E-state index >= 15 is 0 Å². The predicted octanol–water partition coefficient (Wildman–Crippen LogP) is 2.12. The first-order chi connectivity index (χ1) is 5.22. The lowest BCUT2D eigenvalue weighted by molar-refractivity contribution is 0.343. The van der Waals surface area contributed by atoms with Gasteiger partial charge in [-0.3, -0.25) is 0 Å². The Labute approximate surface area is 79.6 Å². The lowest BCUT2D eigenvalue weighted by Crippen LogP contribution is -2.38. The minimum Gasteiger partial charge on any atom is -0.365 e. The molecule has 1 nitrogen and oxygen atoms in total. The van der Waals surface area contributed by atoms with Crippen molar-refractivity contribution in [2.75, 3.05) is 13.1 Å². The van der Waals surface area contributed by atoms with E-state index in [1.54, 1.807) is 0 Å². The molecule has 1 unspecified atom stereocenters. The second kappa shape index (κ2) is 4.31. The molecule has 1 heterocycles. The van der Waals surface area contributed by atoms with Gasteiger partial charge in [-0.25, -0.2) is 0 Å². The van der Waals surface area contributed by atoms with Gasteiger partial charge in [0.2, 0.25) is 0 Å². The quantitative estimate of drug-likeness (QED) is 0.497. The maximum absolute atomic E-state index is 5.25. The first-order valence-corrected chi connectivity index (χ1v) is 5.11. The van der Waals surface area contributed by atoms with Crippen molar-refractivity contribution in [1.82, 2.24) is 4.90 Å². The minimum atomic E-state index is 0.239. The van der Waals surface area contributed by atoms with Gasteiger partial charge in [-0.1, -0.05) is 12.2 Å². The fourth-order valence-corrected chi connectivity index (χ4v) is 1.72. The fraction of sp³-hybridized carbons (Fsp3) is 0.875. The molecular weight excluding hydrogens is 174 g/mol. The molecule has 0 bridgehead atoms. The maximum Gasteiger partial charge on any atom is 0.0905 e. The zero-order valence-electron chi connectivity index (χ0n) is 6.92. The van der Waals surface area contributed by atoms with Crippen molar-refractivity contribution in [3.8, 4) is 0 Å². The molecule has 1 atom stereocenters. The molecule has 1 fully saturated rings. The molecule has 0 N–H and O–H groups in total. The first kappa shape index (κ1) is 9.33. The zero-order valence-corrected chi connectivity index (χ0v) is 8.63. The van der Waals surface area contributed by atoms with Crippen molar-refractivity contribution < 1.29 is 0 Å². The molecule has 1 rings (SSSR count). The molecule has 1 aliphatic heterocycles. The Morgan fingerprint density at radius 1 is 1.36 bits per heavy atom. The summed E-state index contributed by atoms with van der Waals surface area (Å²) in [6, 6.07) is 0. The molecule has 0 aromatic rings. The van der Waals surface area contributed by atoms with Gasteiger partial charge in [-0.05, 0) is 26.2 Å². The van der Waals surface area contributed by atoms with E-state index in [0.717, 1.165) is 18.1 Å². The van der Waals surface area contributed by atoms with Crippen LogP contribution in [0.2, 0.25) is 0 Å². The van der Waals surface area contributed by atoms with E-state index in [2.05, 4.69) is 17.5 Å². The van der Waals surface area contributed by atoms with Crippen LogP contribution in [-0.2, 0) is 0 Å². The van der Waals surface area contributed by atoms with E-state index < -0.39 is 0 Å². The summed E-state index contributed by atoms with van der Waals surface area (Å²) >= 11 is 9.57. The summed E-state index contributed by atoms with van der Waals surface area (Å²) in [4.78, 5) is 3.31. The second-order valence-electron chi connectivity index (χ2n) is 3.06. The SMILES string of the molecule is CC(S)C(=S)N1CCCCC1. The Morgan fingerprint density at radius 2 is 1.91 bits per heavy atom. The van der Waals surface area contributed by atoms with Gasteiger partial charge in [0.25, 0.3) is 0 Å². The van der Waals surface area contributed by atoms with E-state index in [-0.39, 0.29) is 5.25 Å². The lowest BCUT2D eigenvalue weighted by atomic mass is 10.1. The molecule has 0 amide bonds. The predicted molar refractivity (Wildman–Crippen MR) is 56.5 cm³/mol. The van der Waals surface area contributed by atoms with Crippen LogP contribution in [0.5, 0.6) is 0 Å². The number of hydrogen-bond acceptors (Lipinski definition) is 2. The Balaban J connectivity index is 2.39. The standard InChI is InChI=1S/C8H15NS2/c1-7(10)8(11)9-5-3-2-4-6-9/h7,10H,2-6H2,1H3. The summed E-state index contributed by atoms with van der Waals surface area (Å²) in [5.41, 5.74) is 0. The Hall–Kier alpha value is 0.240. The molecule has 0 aromatic heterocycles. The average Bonchev–Trinajstić information content (AvgIpc) is 2.05. The lowest BCUT2D eigenvalue weighted by Gasteiger charge is -2.30. The summed E-state index contributed by atoms with van der Waals surface area (Å²) in [6.07, 6.45) is 3.95. The third kappa shape index (κ3) is 2.64. The van der Waals surface area contributed by atoms with Crippen molar-refractivity contribution in [2.24, 2.45) is 0 Å². The Morgan fingerprint density at radius 3 is 2.36 bits per heavy atom. The third-order valence-corrected chi connectivity index (χ3v) is 3.06. The van der Waals surface area contributed by atoms with E-state index in [1.165, 1.54) is 19.3 Å². The van der Waals surface area contributed by atoms with Gasteiger partial charge in [0.15, 0.2) is 0 Å². The van der Waals surface area contributed by atoms with E-state index in [0.29, 0.717) is 0 Å². The molecule has 1 aliphatic rings. The van der Waals surface area contributed by atoms with Crippen molar-refractivity contribution >= 4 is 29.8 Å². The largest absolute Gasteiger partial charge is 0.365 e. The molecule has 11 heavy (non-hydrogen) atoms. The number of likely N-dealkylation sites (tertiary alicyclic amines) is 1. The van der Waals surface area contributed by atoms with Gasteiger partial charge in [0.1, 0.15) is 0 Å². The highest BCUT2D eigenvalue weighted by Gasteiger charge is 2.15. The molecule has 0 saturated carbocycles. The summed E-state index contributed by atoms with van der Waals surface area (Å²) < 4.78 is 0. The molecule has 64 valence electrons. The van der Waals surface area contributed by atoms with Crippen molar-refractivity contribution in [3.63, 3.8) is 0 Å². The van der Waals surface area contributed by atoms with Crippen LogP contribution in [0, 0.1) is 0 Å². The Bertz CT molecular complexity index is 139. The van der Waals surface area contributed by atoms with Crippen LogP contribution >= 0.6 is 24.8 Å². The molecular formula is C8H15NS2. The number of nitrogens with zero attached hydrogens (tertiary/aromatic N) is 1. The molecule has 0 spiro atoms. The summed E-state index contributed by atoms with van der Waals surface area (Å²) in [5, 5.41) is 0.239. The number of hydrogen-bond donors (Lipinski definition) is 1. The normalized spacial score (nSPS) is 21.5. The van der Waals surface area contributed by atoms with Gasteiger partial charge in [-0.2, -0.15) is 12.6 Å². The minimum absolute atomic E-state index is 0.239. The number of thiol groups is 1. The van der Waals surface area contributed by atoms with Crippen LogP contribution in [0.3, 0.4) is 0 Å². The van der Waals surface area contributed by atoms with Crippen LogP contribution < -0.4 is 0 Å². The fourth-order valence-electron chi connectivity index (χ4n) is 1.38. The van der Waals surface area contributed by atoms with Crippen LogP contribution in [0.25, 0.3) is 0 Å². The number of rotatable bonds is 1. The summed E-state index contributed by atoms with van der Waals surface area (Å²) in [5.74, 6) is 0. The Kier molecular flexibility index (Phi) is 3.66. The highest BCUT2D eigenvalue weighted by Crippen LogP contribution is 2.12. The van der Waals surface area contributed by atoms with E-state index in [4.69, 9.17) is 12.2 Å². The highest BCUT2D eigenvalue weighted by molar-refractivity contribution is 7.86. The van der Waals surface area contributed by atoms with Crippen LogP contribution in [-0.4, -0.2) is 28.2 Å². The van der Waals surface area contributed by atoms with Gasteiger partial charge in [0.05, 0.1) is 4.99 Å². The van der Waals surface area contributed by atoms with E-state index in [1.807, 2.05) is 6.92 Å². The van der Waals surface area contributed by atoms with Crippen molar-refractivity contribution in [3.05, 3.63) is 0 Å². The van der Waals surface area contributed by atoms with E-state index in [9.17, 15) is 0 Å². The number of thiocarbonyl (C=S) groups is 1. The number of piperidine rings is 1.